The van der Waals surface area contributed by atoms with E-state index in [-0.39, 0.29) is 0 Å². The number of aromatic nitrogens is 3. The van der Waals surface area contributed by atoms with Crippen LogP contribution in [-0.2, 0) is 0 Å². The van der Waals surface area contributed by atoms with Crippen LogP contribution in [0.15, 0.2) is 200 Å². The van der Waals surface area contributed by atoms with Crippen LogP contribution in [-0.4, -0.2) is 15.0 Å². The highest BCUT2D eigenvalue weighted by Gasteiger charge is 2.16. The first-order chi connectivity index (χ1) is 26.7. The van der Waals surface area contributed by atoms with Gasteiger partial charge in [0.05, 0.1) is 0 Å². The summed E-state index contributed by atoms with van der Waals surface area (Å²) in [7, 11) is 0. The second kappa shape index (κ2) is 13.4. The van der Waals surface area contributed by atoms with Crippen molar-refractivity contribution < 1.29 is 0 Å². The van der Waals surface area contributed by atoms with E-state index >= 15 is 0 Å². The van der Waals surface area contributed by atoms with Gasteiger partial charge in [-0.2, -0.15) is 0 Å². The zero-order chi connectivity index (χ0) is 35.8. The lowest BCUT2D eigenvalue weighted by Gasteiger charge is -2.14. The van der Waals surface area contributed by atoms with Crippen LogP contribution in [0.2, 0.25) is 0 Å². The van der Waals surface area contributed by atoms with Crippen molar-refractivity contribution in [2.75, 3.05) is 0 Å². The van der Waals surface area contributed by atoms with Crippen molar-refractivity contribution in [1.29, 1.82) is 0 Å². The van der Waals surface area contributed by atoms with Crippen LogP contribution < -0.4 is 0 Å². The molecule has 10 aromatic rings. The smallest absolute Gasteiger partial charge is 0.164 e. The van der Waals surface area contributed by atoms with Gasteiger partial charge in [0.2, 0.25) is 0 Å². The molecule has 0 radical (unpaired) electrons. The van der Waals surface area contributed by atoms with E-state index in [1.165, 1.54) is 54.9 Å². The summed E-state index contributed by atoms with van der Waals surface area (Å²) in [5.41, 5.74) is 10.1. The molecule has 54 heavy (non-hydrogen) atoms. The van der Waals surface area contributed by atoms with Crippen molar-refractivity contribution in [2.45, 2.75) is 0 Å². The van der Waals surface area contributed by atoms with Gasteiger partial charge in [-0.05, 0) is 83.9 Å². The zero-order valence-corrected chi connectivity index (χ0v) is 29.4. The summed E-state index contributed by atoms with van der Waals surface area (Å²) < 4.78 is 0. The molecule has 3 nitrogen and oxygen atoms in total. The molecule has 0 atom stereocenters. The summed E-state index contributed by atoms with van der Waals surface area (Å²) in [5.74, 6) is 1.96. The van der Waals surface area contributed by atoms with Gasteiger partial charge in [-0.15, -0.1) is 0 Å². The quantitative estimate of drug-likeness (QED) is 0.163. The largest absolute Gasteiger partial charge is 0.208 e. The molecular weight excluding hydrogens is 655 g/mol. The molecule has 9 aromatic carbocycles. The topological polar surface area (TPSA) is 38.7 Å². The Morgan fingerprint density at radius 3 is 1.19 bits per heavy atom. The average molecular weight is 688 g/mol. The normalized spacial score (nSPS) is 11.3. The third-order valence-electron chi connectivity index (χ3n) is 10.3. The van der Waals surface area contributed by atoms with E-state index < -0.39 is 0 Å². The molecule has 1 heterocycles. The molecule has 3 heteroatoms. The van der Waals surface area contributed by atoms with Crippen LogP contribution in [0, 0.1) is 0 Å². The number of hydrogen-bond acceptors (Lipinski definition) is 3. The monoisotopic (exact) mass is 687 g/mol. The molecule has 252 valence electrons. The van der Waals surface area contributed by atoms with Gasteiger partial charge in [0.1, 0.15) is 0 Å². The first kappa shape index (κ1) is 31.5. The van der Waals surface area contributed by atoms with Gasteiger partial charge in [-0.25, -0.2) is 15.0 Å². The molecular formula is C51H33N3. The molecule has 0 fully saturated rings. The summed E-state index contributed by atoms with van der Waals surface area (Å²) in [6.07, 6.45) is 0. The minimum absolute atomic E-state index is 0.655. The standard InChI is InChI=1S/C51H33N3/c1-4-12-34(13-5-1)35-20-22-36(23-21-35)39-26-28-43-40(32-39)24-25-41-33-42(27-29-44(41)43)45-30-31-48(47-19-11-10-18-46(45)47)51-53-49(37-14-6-2-7-15-37)52-50(54-51)38-16-8-3-9-17-38/h1-33H. The fraction of sp³-hybridized carbons (Fsp3) is 0. The third-order valence-corrected chi connectivity index (χ3v) is 10.3. The molecule has 1 aromatic heterocycles. The van der Waals surface area contributed by atoms with Gasteiger partial charge in [0.25, 0.3) is 0 Å². The molecule has 0 aliphatic rings. The summed E-state index contributed by atoms with van der Waals surface area (Å²) in [6.45, 7) is 0. The third kappa shape index (κ3) is 5.78. The highest BCUT2D eigenvalue weighted by Crippen LogP contribution is 2.38. The fourth-order valence-electron chi connectivity index (χ4n) is 7.58. The molecule has 0 unspecified atom stereocenters. The number of fused-ring (bicyclic) bond motifs is 4. The Bertz CT molecular complexity index is 2900. The van der Waals surface area contributed by atoms with Crippen molar-refractivity contribution in [3.63, 3.8) is 0 Å². The van der Waals surface area contributed by atoms with Crippen molar-refractivity contribution in [3.8, 4) is 67.5 Å². The highest BCUT2D eigenvalue weighted by molar-refractivity contribution is 6.11. The Kier molecular flexibility index (Phi) is 7.81. The number of rotatable bonds is 6. The summed E-state index contributed by atoms with van der Waals surface area (Å²) in [6, 6.07) is 70.7. The molecule has 0 aliphatic heterocycles. The number of benzene rings is 9. The van der Waals surface area contributed by atoms with Crippen LogP contribution in [0.1, 0.15) is 0 Å². The predicted octanol–water partition coefficient (Wildman–Crippen LogP) is 13.3. The Labute approximate surface area is 313 Å². The fourth-order valence-corrected chi connectivity index (χ4v) is 7.58. The van der Waals surface area contributed by atoms with Crippen molar-refractivity contribution >= 4 is 32.3 Å². The van der Waals surface area contributed by atoms with Gasteiger partial charge in [-0.1, -0.05) is 182 Å². The number of hydrogen-bond donors (Lipinski definition) is 0. The lowest BCUT2D eigenvalue weighted by atomic mass is 9.92. The van der Waals surface area contributed by atoms with E-state index in [4.69, 9.17) is 15.0 Å². The van der Waals surface area contributed by atoms with Crippen LogP contribution >= 0.6 is 0 Å². The first-order valence-corrected chi connectivity index (χ1v) is 18.3. The molecule has 10 rings (SSSR count). The summed E-state index contributed by atoms with van der Waals surface area (Å²) in [4.78, 5) is 15.0. The van der Waals surface area contributed by atoms with E-state index in [0.717, 1.165) is 27.5 Å². The van der Waals surface area contributed by atoms with Crippen molar-refractivity contribution in [1.82, 2.24) is 15.0 Å². The molecule has 0 saturated heterocycles. The van der Waals surface area contributed by atoms with Crippen LogP contribution in [0.4, 0.5) is 0 Å². The number of nitrogens with zero attached hydrogens (tertiary/aromatic N) is 3. The van der Waals surface area contributed by atoms with Crippen LogP contribution in [0.5, 0.6) is 0 Å². The minimum Gasteiger partial charge on any atom is -0.208 e. The highest BCUT2D eigenvalue weighted by atomic mass is 15.0. The van der Waals surface area contributed by atoms with Crippen molar-refractivity contribution in [3.05, 3.63) is 200 Å². The van der Waals surface area contributed by atoms with Gasteiger partial charge in [0.15, 0.2) is 17.5 Å². The SMILES string of the molecule is c1ccc(-c2ccc(-c3ccc4c(ccc5cc(-c6ccc(-c7nc(-c8ccccc8)nc(-c8ccccc8)n7)c7ccccc67)ccc54)c3)cc2)cc1. The molecule has 0 amide bonds. The van der Waals surface area contributed by atoms with E-state index in [1.54, 1.807) is 0 Å². The lowest BCUT2D eigenvalue weighted by Crippen LogP contribution is -2.00. The van der Waals surface area contributed by atoms with Crippen LogP contribution in [0.3, 0.4) is 0 Å². The van der Waals surface area contributed by atoms with Crippen molar-refractivity contribution in [2.24, 2.45) is 0 Å². The summed E-state index contributed by atoms with van der Waals surface area (Å²) in [5, 5.41) is 7.20. The van der Waals surface area contributed by atoms with Gasteiger partial charge in [-0.3, -0.25) is 0 Å². The Balaban J connectivity index is 1.03. The van der Waals surface area contributed by atoms with Gasteiger partial charge < -0.3 is 0 Å². The van der Waals surface area contributed by atoms with Crippen LogP contribution in [0.25, 0.3) is 99.9 Å². The first-order valence-electron chi connectivity index (χ1n) is 18.3. The molecule has 0 bridgehead atoms. The Morgan fingerprint density at radius 2 is 0.611 bits per heavy atom. The average Bonchev–Trinajstić information content (AvgIpc) is 3.26. The van der Waals surface area contributed by atoms with E-state index in [9.17, 15) is 0 Å². The van der Waals surface area contributed by atoms with E-state index in [0.29, 0.717) is 17.5 Å². The Morgan fingerprint density at radius 1 is 0.222 bits per heavy atom. The second-order valence-electron chi connectivity index (χ2n) is 13.6. The molecule has 0 N–H and O–H groups in total. The zero-order valence-electron chi connectivity index (χ0n) is 29.4. The maximum Gasteiger partial charge on any atom is 0.164 e. The van der Waals surface area contributed by atoms with Gasteiger partial charge in [0, 0.05) is 16.7 Å². The predicted molar refractivity (Wildman–Crippen MR) is 225 cm³/mol. The van der Waals surface area contributed by atoms with Gasteiger partial charge >= 0.3 is 0 Å². The summed E-state index contributed by atoms with van der Waals surface area (Å²) >= 11 is 0. The molecule has 0 saturated carbocycles. The minimum atomic E-state index is 0.655. The van der Waals surface area contributed by atoms with E-state index in [2.05, 4.69) is 140 Å². The maximum atomic E-state index is 5.04. The Hall–Kier alpha value is -7.23. The van der Waals surface area contributed by atoms with E-state index in [1.807, 2.05) is 60.7 Å². The lowest BCUT2D eigenvalue weighted by molar-refractivity contribution is 1.08. The molecule has 0 aliphatic carbocycles. The molecule has 0 spiro atoms. The maximum absolute atomic E-state index is 5.04. The second-order valence-corrected chi connectivity index (χ2v) is 13.6.